The van der Waals surface area contributed by atoms with Crippen LogP contribution in [0.2, 0.25) is 5.02 Å². The van der Waals surface area contributed by atoms with Crippen molar-refractivity contribution >= 4 is 39.8 Å². The molecule has 0 aromatic carbocycles. The van der Waals surface area contributed by atoms with E-state index in [0.29, 0.717) is 29.6 Å². The number of hydrogen-bond donors (Lipinski definition) is 1. The molecule has 4 rings (SSSR count). The number of anilines is 1. The summed E-state index contributed by atoms with van der Waals surface area (Å²) in [7, 11) is 1.67. The standard InChI is InChI=1S/C22H21ClN6OS/c1-22(2,20-25-6-9-31-20)5-4-14-10-15-16(19-17(23)11-27-21(24)28-19)13-29(7-8-30-3)18(15)12-26-14/h6,9-13H,7-8H2,1-3H3,(H2,24,27,28). The second kappa shape index (κ2) is 8.63. The Balaban J connectivity index is 1.83. The molecule has 0 saturated carbocycles. The Hall–Kier alpha value is -2.99. The van der Waals surface area contributed by atoms with E-state index >= 15 is 0 Å². The zero-order chi connectivity index (χ0) is 22.0. The van der Waals surface area contributed by atoms with Gasteiger partial charge in [-0.05, 0) is 25.8 Å². The first-order chi connectivity index (χ1) is 14.9. The number of fused-ring (bicyclic) bond motifs is 1. The Labute approximate surface area is 189 Å². The van der Waals surface area contributed by atoms with Crippen molar-refractivity contribution < 1.29 is 4.74 Å². The Morgan fingerprint density at radius 1 is 1.26 bits per heavy atom. The highest BCUT2D eigenvalue weighted by Gasteiger charge is 2.20. The number of aromatic nitrogens is 5. The summed E-state index contributed by atoms with van der Waals surface area (Å²) >= 11 is 7.99. The number of nitrogens with zero attached hydrogens (tertiary/aromatic N) is 5. The fourth-order valence-electron chi connectivity index (χ4n) is 3.19. The van der Waals surface area contributed by atoms with Crippen molar-refractivity contribution in [1.82, 2.24) is 24.5 Å². The van der Waals surface area contributed by atoms with Crippen molar-refractivity contribution in [2.45, 2.75) is 25.8 Å². The maximum atomic E-state index is 6.40. The van der Waals surface area contributed by atoms with Gasteiger partial charge < -0.3 is 15.0 Å². The molecule has 0 aliphatic rings. The van der Waals surface area contributed by atoms with Crippen molar-refractivity contribution in [2.75, 3.05) is 19.5 Å². The smallest absolute Gasteiger partial charge is 0.220 e. The van der Waals surface area contributed by atoms with Crippen LogP contribution in [0.25, 0.3) is 22.2 Å². The molecule has 4 aromatic heterocycles. The summed E-state index contributed by atoms with van der Waals surface area (Å²) < 4.78 is 7.31. The Kier molecular flexibility index (Phi) is 5.92. The molecule has 0 aliphatic carbocycles. The SMILES string of the molecule is COCCn1cc(-c2nc(N)ncc2Cl)c2cc(C#CC(C)(C)c3nccs3)ncc21. The number of thiazole rings is 1. The van der Waals surface area contributed by atoms with Crippen LogP contribution in [0.3, 0.4) is 0 Å². The van der Waals surface area contributed by atoms with Gasteiger partial charge in [0.05, 0.1) is 40.6 Å². The average molecular weight is 453 g/mol. The maximum Gasteiger partial charge on any atom is 0.220 e. The lowest BCUT2D eigenvalue weighted by Gasteiger charge is -2.13. The summed E-state index contributed by atoms with van der Waals surface area (Å²) in [6.45, 7) is 5.32. The van der Waals surface area contributed by atoms with E-state index in [0.717, 1.165) is 21.5 Å². The van der Waals surface area contributed by atoms with E-state index in [1.54, 1.807) is 24.6 Å². The monoisotopic (exact) mass is 452 g/mol. The van der Waals surface area contributed by atoms with Gasteiger partial charge in [0, 0.05) is 42.4 Å². The minimum atomic E-state index is -0.373. The van der Waals surface area contributed by atoms with Gasteiger partial charge in [-0.3, -0.25) is 0 Å². The molecule has 0 unspecified atom stereocenters. The van der Waals surface area contributed by atoms with Gasteiger partial charge in [0.15, 0.2) is 0 Å². The molecule has 0 spiro atoms. The normalized spacial score (nSPS) is 11.5. The van der Waals surface area contributed by atoms with Crippen molar-refractivity contribution in [1.29, 1.82) is 0 Å². The molecule has 0 atom stereocenters. The van der Waals surface area contributed by atoms with Gasteiger partial charge in [-0.1, -0.05) is 17.5 Å². The summed E-state index contributed by atoms with van der Waals surface area (Å²) in [5.41, 5.74) is 8.45. The Morgan fingerprint density at radius 2 is 2.10 bits per heavy atom. The first kappa shape index (κ1) is 21.2. The van der Waals surface area contributed by atoms with Crippen LogP contribution in [0, 0.1) is 11.8 Å². The van der Waals surface area contributed by atoms with Crippen molar-refractivity contribution in [2.24, 2.45) is 0 Å². The maximum absolute atomic E-state index is 6.40. The zero-order valence-corrected chi connectivity index (χ0v) is 19.0. The van der Waals surface area contributed by atoms with Crippen LogP contribution in [0.4, 0.5) is 5.95 Å². The molecule has 4 heterocycles. The average Bonchev–Trinajstić information content (AvgIpc) is 3.41. The lowest BCUT2D eigenvalue weighted by atomic mass is 9.95. The number of ether oxygens (including phenoxy) is 1. The van der Waals surface area contributed by atoms with Crippen LogP contribution in [0.15, 0.2) is 36.2 Å². The molecule has 4 aromatic rings. The number of halogens is 1. The summed E-state index contributed by atoms with van der Waals surface area (Å²) in [5, 5.41) is 4.28. The lowest BCUT2D eigenvalue weighted by molar-refractivity contribution is 0.188. The predicted molar refractivity (Wildman–Crippen MR) is 124 cm³/mol. The highest BCUT2D eigenvalue weighted by Crippen LogP contribution is 2.34. The highest BCUT2D eigenvalue weighted by atomic mass is 35.5. The molecule has 0 saturated heterocycles. The predicted octanol–water partition coefficient (Wildman–Crippen LogP) is 4.16. The van der Waals surface area contributed by atoms with E-state index in [-0.39, 0.29) is 11.4 Å². The van der Waals surface area contributed by atoms with Crippen LogP contribution >= 0.6 is 22.9 Å². The number of nitrogens with two attached hydrogens (primary N) is 1. The second-order valence-electron chi connectivity index (χ2n) is 7.45. The molecule has 158 valence electrons. The third kappa shape index (κ3) is 4.39. The van der Waals surface area contributed by atoms with Gasteiger partial charge in [0.1, 0.15) is 10.7 Å². The van der Waals surface area contributed by atoms with Gasteiger partial charge in [-0.25, -0.2) is 19.9 Å². The van der Waals surface area contributed by atoms with E-state index in [1.807, 2.05) is 37.7 Å². The van der Waals surface area contributed by atoms with Crippen LogP contribution in [0.5, 0.6) is 0 Å². The number of nitrogen functional groups attached to an aromatic ring is 1. The molecule has 2 N–H and O–H groups in total. The van der Waals surface area contributed by atoms with Crippen molar-refractivity contribution in [3.05, 3.63) is 52.0 Å². The molecule has 31 heavy (non-hydrogen) atoms. The van der Waals surface area contributed by atoms with Crippen LogP contribution < -0.4 is 5.73 Å². The number of rotatable bonds is 5. The molecule has 0 aliphatic heterocycles. The Bertz CT molecular complexity index is 1290. The molecular weight excluding hydrogens is 432 g/mol. The van der Waals surface area contributed by atoms with Gasteiger partial charge in [-0.2, -0.15) is 0 Å². The number of pyridine rings is 1. The van der Waals surface area contributed by atoms with E-state index in [9.17, 15) is 0 Å². The van der Waals surface area contributed by atoms with Crippen molar-refractivity contribution in [3.63, 3.8) is 0 Å². The molecule has 0 bridgehead atoms. The molecule has 9 heteroatoms. The molecular formula is C22H21ClN6OS. The first-order valence-electron chi connectivity index (χ1n) is 9.58. The van der Waals surface area contributed by atoms with Crippen LogP contribution in [-0.4, -0.2) is 38.2 Å². The first-order valence-corrected chi connectivity index (χ1v) is 10.8. The lowest BCUT2D eigenvalue weighted by Crippen LogP contribution is -2.13. The van der Waals surface area contributed by atoms with Crippen LogP contribution in [-0.2, 0) is 16.7 Å². The van der Waals surface area contributed by atoms with Gasteiger partial charge >= 0.3 is 0 Å². The van der Waals surface area contributed by atoms with Crippen LogP contribution in [0.1, 0.15) is 24.5 Å². The van der Waals surface area contributed by atoms with E-state index in [4.69, 9.17) is 22.1 Å². The second-order valence-corrected chi connectivity index (χ2v) is 8.75. The minimum Gasteiger partial charge on any atom is -0.383 e. The zero-order valence-electron chi connectivity index (χ0n) is 17.4. The number of methoxy groups -OCH3 is 1. The minimum absolute atomic E-state index is 0.163. The third-order valence-corrected chi connectivity index (χ3v) is 6.17. The Morgan fingerprint density at radius 3 is 2.84 bits per heavy atom. The molecule has 7 nitrogen and oxygen atoms in total. The summed E-state index contributed by atoms with van der Waals surface area (Å²) in [6, 6.07) is 1.95. The summed E-state index contributed by atoms with van der Waals surface area (Å²) in [4.78, 5) is 17.3. The molecule has 0 amide bonds. The fraction of sp³-hybridized carbons (Fsp3) is 0.273. The summed E-state index contributed by atoms with van der Waals surface area (Å²) in [6.07, 6.45) is 7.10. The highest BCUT2D eigenvalue weighted by molar-refractivity contribution is 7.09. The number of hydrogen-bond acceptors (Lipinski definition) is 7. The topological polar surface area (TPSA) is 91.7 Å². The molecule has 0 fully saturated rings. The van der Waals surface area contributed by atoms with Gasteiger partial charge in [0.25, 0.3) is 0 Å². The summed E-state index contributed by atoms with van der Waals surface area (Å²) in [5.74, 6) is 6.67. The van der Waals surface area contributed by atoms with E-state index in [1.165, 1.54) is 6.20 Å². The fourth-order valence-corrected chi connectivity index (χ4v) is 4.11. The third-order valence-electron chi connectivity index (χ3n) is 4.79. The van der Waals surface area contributed by atoms with Crippen molar-refractivity contribution in [3.8, 4) is 23.1 Å². The van der Waals surface area contributed by atoms with E-state index < -0.39 is 0 Å². The van der Waals surface area contributed by atoms with E-state index in [2.05, 4.69) is 36.3 Å². The van der Waals surface area contributed by atoms with Gasteiger partial charge in [0.2, 0.25) is 5.95 Å². The van der Waals surface area contributed by atoms with Gasteiger partial charge in [-0.15, -0.1) is 11.3 Å². The quantitative estimate of drug-likeness (QED) is 0.457. The molecule has 0 radical (unpaired) electrons. The largest absolute Gasteiger partial charge is 0.383 e.